The van der Waals surface area contributed by atoms with Gasteiger partial charge in [0.25, 0.3) is 0 Å². The maximum Gasteiger partial charge on any atom is 0.224 e. The van der Waals surface area contributed by atoms with Crippen molar-refractivity contribution >= 4 is 5.69 Å². The SMILES string of the molecule is CCOc1c([N+](C)(C)CC)cc(CC(C)C)c(CC(C)C)c1Oc1ccccc1.[Cl-]. The molecular weight excluding hydrogens is 394 g/mol. The predicted octanol–water partition coefficient (Wildman–Crippen LogP) is 3.87. The fourth-order valence-electron chi connectivity index (χ4n) is 3.59. The van der Waals surface area contributed by atoms with E-state index in [9.17, 15) is 0 Å². The average molecular weight is 434 g/mol. The van der Waals surface area contributed by atoms with Crippen molar-refractivity contribution in [2.45, 2.75) is 54.4 Å². The molecule has 2 rings (SSSR count). The molecule has 0 radical (unpaired) electrons. The third kappa shape index (κ3) is 6.65. The number of ether oxygens (including phenoxy) is 2. The van der Waals surface area contributed by atoms with E-state index in [-0.39, 0.29) is 12.4 Å². The molecule has 0 unspecified atom stereocenters. The summed E-state index contributed by atoms with van der Waals surface area (Å²) in [5.74, 6) is 3.76. The van der Waals surface area contributed by atoms with Gasteiger partial charge in [-0.2, -0.15) is 0 Å². The van der Waals surface area contributed by atoms with Crippen LogP contribution in [-0.4, -0.2) is 27.2 Å². The van der Waals surface area contributed by atoms with Gasteiger partial charge in [-0.3, -0.25) is 4.48 Å². The summed E-state index contributed by atoms with van der Waals surface area (Å²) in [6.07, 6.45) is 2.01. The maximum absolute atomic E-state index is 6.56. The Morgan fingerprint density at radius 1 is 0.867 bits per heavy atom. The highest BCUT2D eigenvalue weighted by atomic mass is 35.5. The van der Waals surface area contributed by atoms with Crippen LogP contribution in [-0.2, 0) is 12.8 Å². The van der Waals surface area contributed by atoms with E-state index in [0.717, 1.165) is 41.1 Å². The van der Waals surface area contributed by atoms with Crippen LogP contribution < -0.4 is 26.4 Å². The van der Waals surface area contributed by atoms with Gasteiger partial charge in [0.15, 0.2) is 11.4 Å². The van der Waals surface area contributed by atoms with Gasteiger partial charge in [-0.1, -0.05) is 45.9 Å². The largest absolute Gasteiger partial charge is 1.00 e. The van der Waals surface area contributed by atoms with Crippen LogP contribution in [0.15, 0.2) is 36.4 Å². The first-order chi connectivity index (χ1) is 13.7. The van der Waals surface area contributed by atoms with Crippen LogP contribution in [0.4, 0.5) is 5.69 Å². The molecule has 0 aliphatic carbocycles. The van der Waals surface area contributed by atoms with E-state index in [0.29, 0.717) is 18.4 Å². The third-order valence-electron chi connectivity index (χ3n) is 5.35. The summed E-state index contributed by atoms with van der Waals surface area (Å²) in [7, 11) is 4.48. The smallest absolute Gasteiger partial charge is 0.224 e. The Kier molecular flexibility index (Phi) is 10.2. The standard InChI is InChI=1S/C26H40NO2.ClH/c1-9-27(7,8)24-18-21(16-19(3)4)23(17-20(5)6)25(26(24)28-10-2)29-22-14-12-11-13-15-22;/h11-15,18-20H,9-10,16-17H2,1-8H3;1H/q+1;/p-1. The van der Waals surface area contributed by atoms with E-state index >= 15 is 0 Å². The van der Waals surface area contributed by atoms with Crippen molar-refractivity contribution in [1.82, 2.24) is 4.48 Å². The second-order valence-electron chi connectivity index (χ2n) is 9.24. The molecule has 0 aliphatic rings. The van der Waals surface area contributed by atoms with Crippen molar-refractivity contribution < 1.29 is 21.9 Å². The lowest BCUT2D eigenvalue weighted by Gasteiger charge is -2.32. The Morgan fingerprint density at radius 2 is 1.47 bits per heavy atom. The Hall–Kier alpha value is -1.71. The summed E-state index contributed by atoms with van der Waals surface area (Å²) in [4.78, 5) is 0. The zero-order valence-electron chi connectivity index (χ0n) is 20.1. The van der Waals surface area contributed by atoms with E-state index in [1.807, 2.05) is 37.3 Å². The maximum atomic E-state index is 6.56. The number of hydrogen-bond acceptors (Lipinski definition) is 2. The minimum absolute atomic E-state index is 0. The number of nitrogens with zero attached hydrogens (tertiary/aromatic N) is 1. The van der Waals surface area contributed by atoms with Gasteiger partial charge in [-0.25, -0.2) is 0 Å². The van der Waals surface area contributed by atoms with Crippen LogP contribution in [0.5, 0.6) is 17.2 Å². The third-order valence-corrected chi connectivity index (χ3v) is 5.35. The molecule has 2 aromatic carbocycles. The molecule has 0 spiro atoms. The molecule has 0 bridgehead atoms. The minimum atomic E-state index is 0. The molecule has 2 aromatic rings. The second kappa shape index (κ2) is 11.6. The van der Waals surface area contributed by atoms with Crippen molar-refractivity contribution in [3.63, 3.8) is 0 Å². The van der Waals surface area contributed by atoms with Crippen molar-refractivity contribution in [1.29, 1.82) is 0 Å². The highest BCUT2D eigenvalue weighted by Crippen LogP contribution is 2.47. The summed E-state index contributed by atoms with van der Waals surface area (Å²) in [5.41, 5.74) is 3.88. The molecule has 0 heterocycles. The lowest BCUT2D eigenvalue weighted by molar-refractivity contribution is -0.00000755. The van der Waals surface area contributed by atoms with Gasteiger partial charge in [0, 0.05) is 11.6 Å². The summed E-state index contributed by atoms with van der Waals surface area (Å²) < 4.78 is 13.6. The Balaban J connectivity index is 0.00000450. The number of quaternary nitrogens is 1. The van der Waals surface area contributed by atoms with Crippen molar-refractivity contribution in [2.75, 3.05) is 27.2 Å². The first-order valence-corrected chi connectivity index (χ1v) is 11.1. The summed E-state index contributed by atoms with van der Waals surface area (Å²) in [6.45, 7) is 15.0. The monoisotopic (exact) mass is 433 g/mol. The highest BCUT2D eigenvalue weighted by molar-refractivity contribution is 5.68. The topological polar surface area (TPSA) is 18.5 Å². The molecule has 0 saturated carbocycles. The summed E-state index contributed by atoms with van der Waals surface area (Å²) in [5, 5.41) is 0. The molecule has 0 fully saturated rings. The first kappa shape index (κ1) is 26.3. The Bertz CT molecular complexity index is 785. The molecular formula is C26H40ClNO2. The molecule has 168 valence electrons. The molecule has 0 atom stereocenters. The van der Waals surface area contributed by atoms with E-state index in [1.54, 1.807) is 0 Å². The number of hydrogen-bond donors (Lipinski definition) is 0. The van der Waals surface area contributed by atoms with Crippen molar-refractivity contribution in [3.05, 3.63) is 47.5 Å². The number of para-hydroxylation sites is 1. The van der Waals surface area contributed by atoms with Crippen LogP contribution in [0.2, 0.25) is 0 Å². The summed E-state index contributed by atoms with van der Waals surface area (Å²) in [6, 6.07) is 12.5. The van der Waals surface area contributed by atoms with Crippen LogP contribution in [0, 0.1) is 11.8 Å². The first-order valence-electron chi connectivity index (χ1n) is 11.1. The normalized spacial score (nSPS) is 11.5. The molecule has 3 nitrogen and oxygen atoms in total. The molecule has 30 heavy (non-hydrogen) atoms. The van der Waals surface area contributed by atoms with Crippen LogP contribution in [0.25, 0.3) is 0 Å². The number of halogens is 1. The van der Waals surface area contributed by atoms with Crippen LogP contribution in [0.3, 0.4) is 0 Å². The predicted molar refractivity (Wildman–Crippen MR) is 125 cm³/mol. The van der Waals surface area contributed by atoms with E-state index in [2.05, 4.69) is 54.8 Å². The van der Waals surface area contributed by atoms with Gasteiger partial charge in [-0.15, -0.1) is 0 Å². The fraction of sp³-hybridized carbons (Fsp3) is 0.538. The van der Waals surface area contributed by atoms with Crippen LogP contribution >= 0.6 is 0 Å². The molecule has 0 N–H and O–H groups in total. The quantitative estimate of drug-likeness (QED) is 0.529. The van der Waals surface area contributed by atoms with E-state index in [1.165, 1.54) is 16.8 Å². The molecule has 0 aliphatic heterocycles. The molecule has 0 aromatic heterocycles. The van der Waals surface area contributed by atoms with E-state index in [4.69, 9.17) is 9.47 Å². The van der Waals surface area contributed by atoms with Crippen molar-refractivity contribution in [2.24, 2.45) is 11.8 Å². The second-order valence-corrected chi connectivity index (χ2v) is 9.24. The van der Waals surface area contributed by atoms with Gasteiger partial charge >= 0.3 is 0 Å². The van der Waals surface area contributed by atoms with Crippen molar-refractivity contribution in [3.8, 4) is 17.2 Å². The zero-order chi connectivity index (χ0) is 21.6. The lowest BCUT2D eigenvalue weighted by atomic mass is 9.90. The van der Waals surface area contributed by atoms with Crippen LogP contribution in [0.1, 0.15) is 52.7 Å². The molecule has 0 amide bonds. The Labute approximate surface area is 190 Å². The number of benzene rings is 2. The summed E-state index contributed by atoms with van der Waals surface area (Å²) >= 11 is 0. The lowest BCUT2D eigenvalue weighted by Crippen LogP contribution is -3.00. The minimum Gasteiger partial charge on any atom is -1.00 e. The molecule has 0 saturated heterocycles. The molecule has 4 heteroatoms. The zero-order valence-corrected chi connectivity index (χ0v) is 20.8. The highest BCUT2D eigenvalue weighted by Gasteiger charge is 2.30. The van der Waals surface area contributed by atoms with Gasteiger partial charge in [0.1, 0.15) is 5.75 Å². The van der Waals surface area contributed by atoms with Gasteiger partial charge < -0.3 is 21.9 Å². The number of rotatable bonds is 10. The fourth-order valence-corrected chi connectivity index (χ4v) is 3.59. The van der Waals surface area contributed by atoms with Gasteiger partial charge in [0.05, 0.1) is 27.2 Å². The average Bonchev–Trinajstić information content (AvgIpc) is 2.66. The van der Waals surface area contributed by atoms with Gasteiger partial charge in [0.2, 0.25) is 5.75 Å². The van der Waals surface area contributed by atoms with Gasteiger partial charge in [-0.05, 0) is 56.2 Å². The van der Waals surface area contributed by atoms with E-state index < -0.39 is 0 Å². The Morgan fingerprint density at radius 3 is 1.97 bits per heavy atom.